The molecule has 8 heteroatoms. The van der Waals surface area contributed by atoms with Crippen LogP contribution in [0, 0.1) is 5.82 Å². The second-order valence-corrected chi connectivity index (χ2v) is 4.95. The maximum atomic E-state index is 13.5. The van der Waals surface area contributed by atoms with Crippen molar-refractivity contribution in [3.63, 3.8) is 0 Å². The lowest BCUT2D eigenvalue weighted by Gasteiger charge is -2.12. The number of thiocarbonyl (C=S) groups is 1. The molecule has 2 aromatic carbocycles. The highest BCUT2D eigenvalue weighted by Crippen LogP contribution is 2.16. The second-order valence-electron chi connectivity index (χ2n) is 4.54. The van der Waals surface area contributed by atoms with E-state index in [2.05, 4.69) is 16.2 Å². The molecule has 0 aliphatic rings. The molecule has 0 saturated heterocycles. The predicted molar refractivity (Wildman–Crippen MR) is 90.1 cm³/mol. The number of hydrogen-bond acceptors (Lipinski definition) is 4. The number of para-hydroxylation sites is 1. The van der Waals surface area contributed by atoms with Gasteiger partial charge in [-0.1, -0.05) is 24.3 Å². The average Bonchev–Trinajstić information content (AvgIpc) is 2.59. The Labute approximate surface area is 143 Å². The number of hydrogen-bond donors (Lipinski definition) is 3. The minimum atomic E-state index is -0.725. The van der Waals surface area contributed by atoms with Crippen LogP contribution < -0.4 is 20.9 Å². The first-order chi connectivity index (χ1) is 11.5. The van der Waals surface area contributed by atoms with Crippen molar-refractivity contribution in [2.24, 2.45) is 0 Å². The average molecular weight is 347 g/mol. The van der Waals surface area contributed by atoms with Gasteiger partial charge in [0.1, 0.15) is 11.6 Å². The third-order valence-corrected chi connectivity index (χ3v) is 3.19. The van der Waals surface area contributed by atoms with Gasteiger partial charge in [0.15, 0.2) is 5.11 Å². The van der Waals surface area contributed by atoms with Crippen molar-refractivity contribution in [3.05, 3.63) is 65.5 Å². The molecule has 0 heterocycles. The number of nitrogens with one attached hydrogen (secondary N) is 3. The van der Waals surface area contributed by atoms with E-state index in [0.29, 0.717) is 5.75 Å². The summed E-state index contributed by atoms with van der Waals surface area (Å²) in [7, 11) is 1.44. The van der Waals surface area contributed by atoms with Gasteiger partial charge in [-0.2, -0.15) is 0 Å². The van der Waals surface area contributed by atoms with E-state index in [0.717, 1.165) is 6.07 Å². The molecule has 2 rings (SSSR count). The number of benzene rings is 2. The van der Waals surface area contributed by atoms with E-state index < -0.39 is 17.6 Å². The Bertz CT molecular complexity index is 783. The minimum Gasteiger partial charge on any atom is -0.496 e. The molecule has 124 valence electrons. The summed E-state index contributed by atoms with van der Waals surface area (Å²) in [5.74, 6) is -1.51. The number of ether oxygens (including phenoxy) is 1. The molecule has 0 aliphatic heterocycles. The van der Waals surface area contributed by atoms with Crippen LogP contribution in [0.25, 0.3) is 0 Å². The highest BCUT2D eigenvalue weighted by Gasteiger charge is 2.14. The fourth-order valence-corrected chi connectivity index (χ4v) is 2.00. The van der Waals surface area contributed by atoms with E-state index in [-0.39, 0.29) is 16.2 Å². The molecule has 2 aromatic rings. The van der Waals surface area contributed by atoms with E-state index in [1.807, 2.05) is 0 Å². The van der Waals surface area contributed by atoms with Crippen molar-refractivity contribution >= 4 is 29.1 Å². The fourth-order valence-electron chi connectivity index (χ4n) is 1.86. The number of carbonyl (C=O) groups excluding carboxylic acids is 2. The molecule has 0 aromatic heterocycles. The van der Waals surface area contributed by atoms with Crippen LogP contribution in [0.5, 0.6) is 5.75 Å². The molecule has 24 heavy (non-hydrogen) atoms. The first-order valence-electron chi connectivity index (χ1n) is 6.82. The van der Waals surface area contributed by atoms with Gasteiger partial charge in [0.05, 0.1) is 18.2 Å². The molecule has 0 saturated carbocycles. The van der Waals surface area contributed by atoms with Crippen LogP contribution >= 0.6 is 12.2 Å². The monoisotopic (exact) mass is 347 g/mol. The van der Waals surface area contributed by atoms with Crippen LogP contribution in [0.4, 0.5) is 4.39 Å². The molecule has 0 bridgehead atoms. The predicted octanol–water partition coefficient (Wildman–Crippen LogP) is 1.78. The Morgan fingerprint density at radius 2 is 1.58 bits per heavy atom. The summed E-state index contributed by atoms with van der Waals surface area (Å²) < 4.78 is 18.6. The van der Waals surface area contributed by atoms with E-state index in [1.165, 1.54) is 25.3 Å². The third kappa shape index (κ3) is 4.26. The molecule has 0 radical (unpaired) electrons. The Kier molecular flexibility index (Phi) is 5.80. The number of halogens is 1. The van der Waals surface area contributed by atoms with Gasteiger partial charge in [0.25, 0.3) is 11.8 Å². The lowest BCUT2D eigenvalue weighted by Crippen LogP contribution is -2.48. The standard InChI is InChI=1S/C16H14FN3O3S/c1-23-13-9-5-3-7-11(13)15(22)19-20-16(24)18-14(21)10-6-2-4-8-12(10)17/h2-9H,1H3,(H,19,22)(H2,18,20,21,24). The summed E-state index contributed by atoms with van der Waals surface area (Å²) >= 11 is 4.89. The Morgan fingerprint density at radius 1 is 0.958 bits per heavy atom. The van der Waals surface area contributed by atoms with E-state index in [9.17, 15) is 14.0 Å². The Hall–Kier alpha value is -3.00. The van der Waals surface area contributed by atoms with Crippen LogP contribution in [-0.2, 0) is 0 Å². The summed E-state index contributed by atoms with van der Waals surface area (Å²) in [5, 5.41) is 2.09. The van der Waals surface area contributed by atoms with Gasteiger partial charge in [-0.25, -0.2) is 4.39 Å². The van der Waals surface area contributed by atoms with Crippen molar-refractivity contribution in [2.45, 2.75) is 0 Å². The topological polar surface area (TPSA) is 79.5 Å². The van der Waals surface area contributed by atoms with Gasteiger partial charge < -0.3 is 4.74 Å². The van der Waals surface area contributed by atoms with E-state index >= 15 is 0 Å². The summed E-state index contributed by atoms with van der Waals surface area (Å²) in [5.41, 5.74) is 4.83. The van der Waals surface area contributed by atoms with Gasteiger partial charge in [-0.05, 0) is 36.5 Å². The van der Waals surface area contributed by atoms with Crippen molar-refractivity contribution in [1.29, 1.82) is 0 Å². The fraction of sp³-hybridized carbons (Fsp3) is 0.0625. The van der Waals surface area contributed by atoms with Gasteiger partial charge in [0.2, 0.25) is 0 Å². The molecule has 2 amide bonds. The molecule has 6 nitrogen and oxygen atoms in total. The molecule has 0 aliphatic carbocycles. The van der Waals surface area contributed by atoms with Crippen LogP contribution in [0.2, 0.25) is 0 Å². The molecular weight excluding hydrogens is 333 g/mol. The summed E-state index contributed by atoms with van der Waals surface area (Å²) in [4.78, 5) is 23.9. The van der Waals surface area contributed by atoms with Gasteiger partial charge in [-0.15, -0.1) is 0 Å². The third-order valence-electron chi connectivity index (χ3n) is 2.99. The number of rotatable bonds is 3. The Morgan fingerprint density at radius 3 is 2.25 bits per heavy atom. The van der Waals surface area contributed by atoms with Crippen molar-refractivity contribution in [2.75, 3.05) is 7.11 Å². The van der Waals surface area contributed by atoms with Crippen LogP contribution in [-0.4, -0.2) is 24.0 Å². The quantitative estimate of drug-likeness (QED) is 0.583. The van der Waals surface area contributed by atoms with Gasteiger partial charge in [0, 0.05) is 0 Å². The van der Waals surface area contributed by atoms with Crippen molar-refractivity contribution in [3.8, 4) is 5.75 Å². The highest BCUT2D eigenvalue weighted by molar-refractivity contribution is 7.80. The summed E-state index contributed by atoms with van der Waals surface area (Å²) in [6.45, 7) is 0. The first-order valence-corrected chi connectivity index (χ1v) is 7.23. The molecule has 0 atom stereocenters. The summed E-state index contributed by atoms with van der Waals surface area (Å²) in [6, 6.07) is 12.1. The SMILES string of the molecule is COc1ccccc1C(=O)NNC(=S)NC(=O)c1ccccc1F. The molecule has 3 N–H and O–H groups in total. The lowest BCUT2D eigenvalue weighted by atomic mass is 10.2. The molecule has 0 spiro atoms. The smallest absolute Gasteiger partial charge is 0.273 e. The first kappa shape index (κ1) is 17.4. The van der Waals surface area contributed by atoms with Crippen LogP contribution in [0.1, 0.15) is 20.7 Å². The van der Waals surface area contributed by atoms with Gasteiger partial charge >= 0.3 is 0 Å². The zero-order valence-corrected chi connectivity index (χ0v) is 13.4. The number of amides is 2. The van der Waals surface area contributed by atoms with E-state index in [4.69, 9.17) is 17.0 Å². The molecule has 0 unspecified atom stereocenters. The number of hydrazine groups is 1. The zero-order valence-electron chi connectivity index (χ0n) is 12.6. The normalized spacial score (nSPS) is 9.75. The highest BCUT2D eigenvalue weighted by atomic mass is 32.1. The van der Waals surface area contributed by atoms with Crippen molar-refractivity contribution in [1.82, 2.24) is 16.2 Å². The van der Waals surface area contributed by atoms with Gasteiger partial charge in [-0.3, -0.25) is 25.8 Å². The number of methoxy groups -OCH3 is 1. The maximum absolute atomic E-state index is 13.5. The summed E-state index contributed by atoms with van der Waals surface area (Å²) in [6.07, 6.45) is 0. The van der Waals surface area contributed by atoms with Crippen LogP contribution in [0.15, 0.2) is 48.5 Å². The lowest BCUT2D eigenvalue weighted by molar-refractivity contribution is 0.0931. The minimum absolute atomic E-state index is 0.155. The zero-order chi connectivity index (χ0) is 17.5. The van der Waals surface area contributed by atoms with E-state index in [1.54, 1.807) is 24.3 Å². The maximum Gasteiger partial charge on any atom is 0.273 e. The van der Waals surface area contributed by atoms with Crippen molar-refractivity contribution < 1.29 is 18.7 Å². The molecule has 0 fully saturated rings. The molecular formula is C16H14FN3O3S. The second kappa shape index (κ2) is 8.02. The largest absolute Gasteiger partial charge is 0.496 e. The van der Waals surface area contributed by atoms with Crippen LogP contribution in [0.3, 0.4) is 0 Å². The number of carbonyl (C=O) groups is 2. The Balaban J connectivity index is 1.92.